The highest BCUT2D eigenvalue weighted by Gasteiger charge is 2.15. The zero-order valence-corrected chi connectivity index (χ0v) is 14.4. The lowest BCUT2D eigenvalue weighted by Gasteiger charge is -2.09. The van der Waals surface area contributed by atoms with Gasteiger partial charge in [-0.05, 0) is 29.6 Å². The number of rotatable bonds is 6. The van der Waals surface area contributed by atoms with Gasteiger partial charge in [0.15, 0.2) is 0 Å². The first kappa shape index (κ1) is 17.6. The first-order valence-corrected chi connectivity index (χ1v) is 9.73. The molecule has 6 nitrogen and oxygen atoms in total. The molecule has 2 aromatic heterocycles. The minimum Gasteiger partial charge on any atom is -0.297 e. The molecule has 0 bridgehead atoms. The fourth-order valence-electron chi connectivity index (χ4n) is 2.27. The second-order valence-electron chi connectivity index (χ2n) is 5.27. The van der Waals surface area contributed by atoms with Crippen LogP contribution in [0.25, 0.3) is 10.2 Å². The van der Waals surface area contributed by atoms with E-state index in [-0.39, 0.29) is 24.2 Å². The van der Waals surface area contributed by atoms with E-state index < -0.39 is 27.4 Å². The summed E-state index contributed by atoms with van der Waals surface area (Å²) < 4.78 is 54.7. The quantitative estimate of drug-likeness (QED) is 0.702. The molecule has 25 heavy (non-hydrogen) atoms. The fraction of sp³-hybridized carbons (Fsp3) is 0.200. The molecule has 3 rings (SSSR count). The number of thiophene rings is 1. The minimum atomic E-state index is -3.88. The van der Waals surface area contributed by atoms with E-state index in [2.05, 4.69) is 9.71 Å². The lowest BCUT2D eigenvalue weighted by Crippen LogP contribution is -2.31. The van der Waals surface area contributed by atoms with Crippen molar-refractivity contribution in [2.24, 2.45) is 0 Å². The predicted molar refractivity (Wildman–Crippen MR) is 90.9 cm³/mol. The van der Waals surface area contributed by atoms with Gasteiger partial charge in [-0.1, -0.05) is 0 Å². The van der Waals surface area contributed by atoms with Crippen LogP contribution < -0.4 is 10.3 Å². The van der Waals surface area contributed by atoms with E-state index in [0.717, 1.165) is 18.2 Å². The monoisotopic (exact) mass is 385 g/mol. The number of nitrogens with zero attached hydrogens (tertiary/aromatic N) is 2. The van der Waals surface area contributed by atoms with Crippen LogP contribution in [0.3, 0.4) is 0 Å². The van der Waals surface area contributed by atoms with E-state index in [4.69, 9.17) is 0 Å². The van der Waals surface area contributed by atoms with Crippen LogP contribution in [0.5, 0.6) is 0 Å². The predicted octanol–water partition coefficient (Wildman–Crippen LogP) is 1.86. The van der Waals surface area contributed by atoms with Crippen molar-refractivity contribution in [3.8, 4) is 0 Å². The highest BCUT2D eigenvalue weighted by Crippen LogP contribution is 2.14. The van der Waals surface area contributed by atoms with Gasteiger partial charge in [-0.25, -0.2) is 26.9 Å². The number of hydrogen-bond acceptors (Lipinski definition) is 5. The van der Waals surface area contributed by atoms with Gasteiger partial charge in [-0.15, -0.1) is 11.3 Å². The zero-order chi connectivity index (χ0) is 18.0. The minimum absolute atomic E-state index is 0.0717. The molecule has 1 aromatic carbocycles. The third-order valence-corrected chi connectivity index (χ3v) is 5.69. The SMILES string of the molecule is O=c1c2sccc2ncn1CCNS(=O)(=O)Cc1cc(F)ccc1F. The van der Waals surface area contributed by atoms with Crippen LogP contribution in [0.2, 0.25) is 0 Å². The van der Waals surface area contributed by atoms with Crippen LogP contribution in [-0.2, 0) is 22.3 Å². The Balaban J connectivity index is 1.66. The van der Waals surface area contributed by atoms with Crippen molar-refractivity contribution in [1.82, 2.24) is 14.3 Å². The molecule has 132 valence electrons. The van der Waals surface area contributed by atoms with E-state index in [9.17, 15) is 22.0 Å². The Morgan fingerprint density at radius 2 is 2.04 bits per heavy atom. The summed E-state index contributed by atoms with van der Waals surface area (Å²) in [5.74, 6) is -2.20. The standard InChI is InChI=1S/C15H13F2N3O3S2/c16-11-1-2-12(17)10(7-11)8-25(22,23)19-4-5-20-9-18-13-3-6-24-14(13)15(20)21/h1-3,6-7,9,19H,4-5,8H2. The molecular formula is C15H13F2N3O3S2. The molecule has 10 heteroatoms. The molecule has 2 heterocycles. The summed E-state index contributed by atoms with van der Waals surface area (Å²) in [6, 6.07) is 4.36. The lowest BCUT2D eigenvalue weighted by molar-refractivity contribution is 0.562. The molecule has 1 N–H and O–H groups in total. The summed E-state index contributed by atoms with van der Waals surface area (Å²) in [5.41, 5.74) is 0.0788. The van der Waals surface area contributed by atoms with Crippen molar-refractivity contribution in [2.45, 2.75) is 12.3 Å². The topological polar surface area (TPSA) is 81.1 Å². The Labute approximate surface area is 145 Å². The smallest absolute Gasteiger partial charge is 0.271 e. The average molecular weight is 385 g/mol. The van der Waals surface area contributed by atoms with Gasteiger partial charge in [-0.3, -0.25) is 9.36 Å². The Hall–Kier alpha value is -2.17. The van der Waals surface area contributed by atoms with Gasteiger partial charge in [0, 0.05) is 18.7 Å². The first-order valence-electron chi connectivity index (χ1n) is 7.20. The molecule has 0 atom stereocenters. The number of benzene rings is 1. The molecular weight excluding hydrogens is 372 g/mol. The van der Waals surface area contributed by atoms with E-state index >= 15 is 0 Å². The van der Waals surface area contributed by atoms with Gasteiger partial charge >= 0.3 is 0 Å². The van der Waals surface area contributed by atoms with Crippen molar-refractivity contribution in [2.75, 3.05) is 6.54 Å². The number of aromatic nitrogens is 2. The maximum absolute atomic E-state index is 13.5. The van der Waals surface area contributed by atoms with Gasteiger partial charge < -0.3 is 0 Å². The van der Waals surface area contributed by atoms with Crippen LogP contribution in [0.1, 0.15) is 5.56 Å². The molecule has 0 saturated heterocycles. The second kappa shape index (κ2) is 6.98. The number of sulfonamides is 1. The van der Waals surface area contributed by atoms with Crippen molar-refractivity contribution in [3.63, 3.8) is 0 Å². The molecule has 0 aliphatic rings. The number of halogens is 2. The van der Waals surface area contributed by atoms with Crippen LogP contribution in [0, 0.1) is 11.6 Å². The zero-order valence-electron chi connectivity index (χ0n) is 12.8. The van der Waals surface area contributed by atoms with Gasteiger partial charge in [0.1, 0.15) is 16.3 Å². The van der Waals surface area contributed by atoms with Crippen molar-refractivity contribution in [1.29, 1.82) is 0 Å². The second-order valence-corrected chi connectivity index (χ2v) is 7.99. The third kappa shape index (κ3) is 4.09. The highest BCUT2D eigenvalue weighted by molar-refractivity contribution is 7.88. The first-order chi connectivity index (χ1) is 11.9. The molecule has 0 radical (unpaired) electrons. The Bertz CT molecular complexity index is 1080. The van der Waals surface area contributed by atoms with Crippen LogP contribution in [0.4, 0.5) is 8.78 Å². The molecule has 0 amide bonds. The van der Waals surface area contributed by atoms with Crippen LogP contribution >= 0.6 is 11.3 Å². The summed E-state index contributed by atoms with van der Waals surface area (Å²) >= 11 is 1.26. The molecule has 0 fully saturated rings. The van der Waals surface area contributed by atoms with E-state index in [1.54, 1.807) is 11.4 Å². The van der Waals surface area contributed by atoms with Crippen molar-refractivity contribution in [3.05, 3.63) is 63.5 Å². The molecule has 0 aliphatic carbocycles. The van der Waals surface area contributed by atoms with Crippen molar-refractivity contribution >= 4 is 31.6 Å². The number of nitrogens with one attached hydrogen (secondary N) is 1. The van der Waals surface area contributed by atoms with E-state index in [1.807, 2.05) is 0 Å². The molecule has 0 aliphatic heterocycles. The molecule has 3 aromatic rings. The van der Waals surface area contributed by atoms with Gasteiger partial charge in [0.2, 0.25) is 10.0 Å². The Kier molecular flexibility index (Phi) is 4.93. The Morgan fingerprint density at radius 3 is 2.84 bits per heavy atom. The third-order valence-electron chi connectivity index (χ3n) is 3.46. The largest absolute Gasteiger partial charge is 0.297 e. The average Bonchev–Trinajstić information content (AvgIpc) is 3.02. The van der Waals surface area contributed by atoms with E-state index in [0.29, 0.717) is 10.2 Å². The van der Waals surface area contributed by atoms with Crippen LogP contribution in [0.15, 0.2) is 40.8 Å². The Morgan fingerprint density at radius 1 is 1.24 bits per heavy atom. The van der Waals surface area contributed by atoms with Crippen LogP contribution in [-0.4, -0.2) is 24.5 Å². The number of hydrogen-bond donors (Lipinski definition) is 1. The van der Waals surface area contributed by atoms with Gasteiger partial charge in [0.25, 0.3) is 5.56 Å². The molecule has 0 spiro atoms. The molecule has 0 unspecified atom stereocenters. The summed E-state index contributed by atoms with van der Waals surface area (Å²) in [5, 5.41) is 1.75. The molecule has 0 saturated carbocycles. The summed E-state index contributed by atoms with van der Waals surface area (Å²) in [4.78, 5) is 16.3. The maximum Gasteiger partial charge on any atom is 0.271 e. The van der Waals surface area contributed by atoms with E-state index in [1.165, 1.54) is 22.2 Å². The maximum atomic E-state index is 13.5. The normalized spacial score (nSPS) is 11.9. The summed E-state index contributed by atoms with van der Waals surface area (Å²) in [6.07, 6.45) is 1.35. The fourth-order valence-corrected chi connectivity index (χ4v) is 4.20. The number of fused-ring (bicyclic) bond motifs is 1. The summed E-state index contributed by atoms with van der Waals surface area (Å²) in [7, 11) is -3.88. The van der Waals surface area contributed by atoms with Gasteiger partial charge in [-0.2, -0.15) is 0 Å². The summed E-state index contributed by atoms with van der Waals surface area (Å²) in [6.45, 7) is 0.00225. The van der Waals surface area contributed by atoms with Gasteiger partial charge in [0.05, 0.1) is 17.6 Å². The van der Waals surface area contributed by atoms with Crippen molar-refractivity contribution < 1.29 is 17.2 Å². The lowest BCUT2D eigenvalue weighted by atomic mass is 10.2. The highest BCUT2D eigenvalue weighted by atomic mass is 32.2.